The van der Waals surface area contributed by atoms with Crippen molar-refractivity contribution in [3.8, 4) is 0 Å². The molecule has 0 saturated carbocycles. The van der Waals surface area contributed by atoms with Crippen molar-refractivity contribution in [2.45, 2.75) is 13.8 Å². The van der Waals surface area contributed by atoms with Gasteiger partial charge in [0.25, 0.3) is 5.56 Å². The topological polar surface area (TPSA) is 42.0 Å². The quantitative estimate of drug-likeness (QED) is 0.865. The van der Waals surface area contributed by atoms with Crippen molar-refractivity contribution in [3.63, 3.8) is 0 Å². The van der Waals surface area contributed by atoms with Gasteiger partial charge in [-0.15, -0.1) is 11.3 Å². The van der Waals surface area contributed by atoms with Crippen LogP contribution in [0, 0.1) is 13.8 Å². The lowest BCUT2D eigenvalue weighted by atomic mass is 10.2. The summed E-state index contributed by atoms with van der Waals surface area (Å²) in [6, 6.07) is 7.96. The van der Waals surface area contributed by atoms with E-state index in [9.17, 15) is 4.79 Å². The molecule has 1 N–H and O–H groups in total. The summed E-state index contributed by atoms with van der Waals surface area (Å²) in [6.07, 6.45) is 0. The first-order valence-corrected chi connectivity index (χ1v) is 5.83. The van der Waals surface area contributed by atoms with Crippen LogP contribution in [0.15, 0.2) is 34.4 Å². The van der Waals surface area contributed by atoms with Crippen LogP contribution < -0.4 is 10.9 Å². The minimum absolute atomic E-state index is 0.173. The third kappa shape index (κ3) is 2.46. The molecule has 0 unspecified atom stereocenters. The zero-order chi connectivity index (χ0) is 11.5. The first kappa shape index (κ1) is 10.8. The molecular weight excluding hydrogens is 220 g/mol. The molecule has 2 aromatic rings. The van der Waals surface area contributed by atoms with Crippen molar-refractivity contribution < 1.29 is 0 Å². The zero-order valence-electron chi connectivity index (χ0n) is 9.15. The maximum atomic E-state index is 11.3. The second kappa shape index (κ2) is 4.45. The van der Waals surface area contributed by atoms with Gasteiger partial charge in [0.15, 0.2) is 5.13 Å². The Kier molecular flexibility index (Phi) is 3.01. The van der Waals surface area contributed by atoms with Crippen LogP contribution in [0.3, 0.4) is 0 Å². The fraction of sp³-hybridized carbons (Fsp3) is 0.167. The summed E-state index contributed by atoms with van der Waals surface area (Å²) in [5.41, 5.74) is 2.65. The standard InChI is InChI=1S/C12H12N2OS/c1-8-3-5-10(6-4-8)13-12-14-11(15)9(2)7-16-12/h3-7H,1-2H3,(H,13,14,15). The van der Waals surface area contributed by atoms with E-state index in [1.807, 2.05) is 36.6 Å². The van der Waals surface area contributed by atoms with Gasteiger partial charge in [0.05, 0.1) is 0 Å². The summed E-state index contributed by atoms with van der Waals surface area (Å²) in [4.78, 5) is 15.3. The third-order valence-electron chi connectivity index (χ3n) is 2.19. The molecule has 16 heavy (non-hydrogen) atoms. The van der Waals surface area contributed by atoms with E-state index in [4.69, 9.17) is 0 Å². The highest BCUT2D eigenvalue weighted by Crippen LogP contribution is 2.17. The van der Waals surface area contributed by atoms with E-state index in [0.717, 1.165) is 5.69 Å². The van der Waals surface area contributed by atoms with Crippen LogP contribution in [-0.2, 0) is 0 Å². The van der Waals surface area contributed by atoms with E-state index in [0.29, 0.717) is 10.7 Å². The first-order chi connectivity index (χ1) is 7.65. The highest BCUT2D eigenvalue weighted by Gasteiger charge is 1.99. The molecule has 1 heterocycles. The summed E-state index contributed by atoms with van der Waals surface area (Å²) >= 11 is 1.43. The molecule has 4 heteroatoms. The number of rotatable bonds is 2. The second-order valence-corrected chi connectivity index (χ2v) is 4.49. The fourth-order valence-corrected chi connectivity index (χ4v) is 1.92. The molecule has 3 nitrogen and oxygen atoms in total. The van der Waals surface area contributed by atoms with Gasteiger partial charge in [-0.25, -0.2) is 0 Å². The molecule has 0 saturated heterocycles. The lowest BCUT2D eigenvalue weighted by Gasteiger charge is -2.04. The summed E-state index contributed by atoms with van der Waals surface area (Å²) in [5, 5.41) is 5.54. The zero-order valence-corrected chi connectivity index (χ0v) is 9.97. The molecule has 0 radical (unpaired) electrons. The number of nitrogens with zero attached hydrogens (tertiary/aromatic N) is 1. The predicted octanol–water partition coefficient (Wildman–Crippen LogP) is 2.86. The monoisotopic (exact) mass is 232 g/mol. The lowest BCUT2D eigenvalue weighted by Crippen LogP contribution is -2.09. The Morgan fingerprint density at radius 2 is 1.88 bits per heavy atom. The maximum absolute atomic E-state index is 11.3. The third-order valence-corrected chi connectivity index (χ3v) is 3.08. The normalized spacial score (nSPS) is 10.1. The number of aryl methyl sites for hydroxylation is 2. The van der Waals surface area contributed by atoms with Crippen molar-refractivity contribution in [1.29, 1.82) is 0 Å². The van der Waals surface area contributed by atoms with Crippen LogP contribution in [0.4, 0.5) is 10.8 Å². The first-order valence-electron chi connectivity index (χ1n) is 4.95. The Bertz CT molecular complexity index is 546. The Balaban J connectivity index is 2.24. The smallest absolute Gasteiger partial charge is 0.276 e. The molecule has 1 aromatic carbocycles. The van der Waals surface area contributed by atoms with Crippen molar-refractivity contribution in [2.75, 3.05) is 5.32 Å². The van der Waals surface area contributed by atoms with Crippen LogP contribution in [0.25, 0.3) is 0 Å². The number of hydrogen-bond acceptors (Lipinski definition) is 4. The van der Waals surface area contributed by atoms with Crippen molar-refractivity contribution in [2.24, 2.45) is 0 Å². The number of nitrogens with one attached hydrogen (secondary N) is 1. The predicted molar refractivity (Wildman–Crippen MR) is 67.6 cm³/mol. The van der Waals surface area contributed by atoms with E-state index >= 15 is 0 Å². The largest absolute Gasteiger partial charge is 0.331 e. The highest BCUT2D eigenvalue weighted by molar-refractivity contribution is 7.13. The minimum atomic E-state index is -0.173. The number of benzene rings is 1. The summed E-state index contributed by atoms with van der Waals surface area (Å²) in [5.74, 6) is 0. The molecule has 2 rings (SSSR count). The molecular formula is C12H12N2OS. The average Bonchev–Trinajstić information content (AvgIpc) is 2.27. The van der Waals surface area contributed by atoms with E-state index in [2.05, 4.69) is 10.3 Å². The SMILES string of the molecule is Cc1ccc(Nc2nc(=O)c(C)cs2)cc1. The lowest BCUT2D eigenvalue weighted by molar-refractivity contribution is 1.22. The number of aromatic nitrogens is 1. The van der Waals surface area contributed by atoms with E-state index in [1.165, 1.54) is 16.9 Å². The van der Waals surface area contributed by atoms with E-state index < -0.39 is 0 Å². The summed E-state index contributed by atoms with van der Waals surface area (Å²) in [6.45, 7) is 3.80. The molecule has 0 bridgehead atoms. The minimum Gasteiger partial charge on any atom is -0.331 e. The van der Waals surface area contributed by atoms with Gasteiger partial charge in [-0.1, -0.05) is 17.7 Å². The second-order valence-electron chi connectivity index (χ2n) is 3.63. The molecule has 0 atom stereocenters. The van der Waals surface area contributed by atoms with Gasteiger partial charge in [0.2, 0.25) is 0 Å². The van der Waals surface area contributed by atoms with Gasteiger partial charge in [-0.3, -0.25) is 4.79 Å². The van der Waals surface area contributed by atoms with Gasteiger partial charge >= 0.3 is 0 Å². The Morgan fingerprint density at radius 1 is 1.19 bits per heavy atom. The van der Waals surface area contributed by atoms with Crippen molar-refractivity contribution in [3.05, 3.63) is 51.1 Å². The van der Waals surface area contributed by atoms with Crippen LogP contribution in [0.5, 0.6) is 0 Å². The number of hydrogen-bond donors (Lipinski definition) is 1. The van der Waals surface area contributed by atoms with Crippen LogP contribution in [-0.4, -0.2) is 4.98 Å². The Hall–Kier alpha value is -1.68. The van der Waals surface area contributed by atoms with Gasteiger partial charge in [0.1, 0.15) is 0 Å². The highest BCUT2D eigenvalue weighted by atomic mass is 32.1. The molecule has 0 aliphatic rings. The Morgan fingerprint density at radius 3 is 2.50 bits per heavy atom. The molecule has 82 valence electrons. The fourth-order valence-electron chi connectivity index (χ4n) is 1.22. The van der Waals surface area contributed by atoms with Crippen molar-refractivity contribution >= 4 is 22.2 Å². The van der Waals surface area contributed by atoms with Gasteiger partial charge in [-0.05, 0) is 26.0 Å². The molecule has 0 fully saturated rings. The molecule has 1 aromatic heterocycles. The van der Waals surface area contributed by atoms with Crippen LogP contribution >= 0.6 is 11.3 Å². The number of anilines is 2. The van der Waals surface area contributed by atoms with Crippen molar-refractivity contribution in [1.82, 2.24) is 4.98 Å². The Labute approximate surface area is 97.8 Å². The van der Waals surface area contributed by atoms with Gasteiger partial charge in [0, 0.05) is 16.6 Å². The molecule has 0 aliphatic heterocycles. The molecule has 0 aliphatic carbocycles. The average molecular weight is 232 g/mol. The molecule has 0 spiro atoms. The van der Waals surface area contributed by atoms with E-state index in [1.54, 1.807) is 6.92 Å². The molecule has 0 amide bonds. The van der Waals surface area contributed by atoms with Crippen LogP contribution in [0.1, 0.15) is 11.1 Å². The van der Waals surface area contributed by atoms with Crippen LogP contribution in [0.2, 0.25) is 0 Å². The van der Waals surface area contributed by atoms with Gasteiger partial charge < -0.3 is 5.32 Å². The summed E-state index contributed by atoms with van der Waals surface area (Å²) < 4.78 is 0. The van der Waals surface area contributed by atoms with Gasteiger partial charge in [-0.2, -0.15) is 4.98 Å². The maximum Gasteiger partial charge on any atom is 0.276 e. The van der Waals surface area contributed by atoms with E-state index in [-0.39, 0.29) is 5.56 Å². The summed E-state index contributed by atoms with van der Waals surface area (Å²) in [7, 11) is 0.